The van der Waals surface area contributed by atoms with Crippen LogP contribution in [-0.2, 0) is 4.79 Å². The van der Waals surface area contributed by atoms with E-state index in [9.17, 15) is 4.79 Å². The molecule has 104 valence electrons. The van der Waals surface area contributed by atoms with E-state index in [0.29, 0.717) is 12.3 Å². The molecule has 4 heteroatoms. The van der Waals surface area contributed by atoms with Gasteiger partial charge in [0.25, 0.3) is 0 Å². The fraction of sp³-hybridized carbons (Fsp3) is 0.929. The fourth-order valence-electron chi connectivity index (χ4n) is 3.43. The molecule has 0 radical (unpaired) electrons. The Balaban J connectivity index is 1.64. The van der Waals surface area contributed by atoms with Crippen molar-refractivity contribution in [3.8, 4) is 0 Å². The van der Waals surface area contributed by atoms with E-state index in [2.05, 4.69) is 17.3 Å². The first-order chi connectivity index (χ1) is 8.70. The number of fused-ring (bicyclic) bond motifs is 2. The van der Waals surface area contributed by atoms with Gasteiger partial charge in [0.15, 0.2) is 0 Å². The Morgan fingerprint density at radius 1 is 1.28 bits per heavy atom. The van der Waals surface area contributed by atoms with Gasteiger partial charge in [0.1, 0.15) is 0 Å². The van der Waals surface area contributed by atoms with E-state index in [1.165, 1.54) is 25.7 Å². The predicted octanol–water partition coefficient (Wildman–Crippen LogP) is 1.14. The molecule has 4 nitrogen and oxygen atoms in total. The zero-order chi connectivity index (χ0) is 13.0. The molecule has 0 aromatic heterocycles. The average Bonchev–Trinajstić information content (AvgIpc) is 2.60. The lowest BCUT2D eigenvalue weighted by Gasteiger charge is -2.36. The van der Waals surface area contributed by atoms with Gasteiger partial charge in [-0.2, -0.15) is 0 Å². The first-order valence-corrected chi connectivity index (χ1v) is 7.30. The molecule has 2 aliphatic heterocycles. The molecule has 2 atom stereocenters. The molecular formula is C14H26N2O2. The lowest BCUT2D eigenvalue weighted by Crippen LogP contribution is -2.43. The summed E-state index contributed by atoms with van der Waals surface area (Å²) in [5, 5.41) is 11.7. The van der Waals surface area contributed by atoms with Crippen LogP contribution in [0.2, 0.25) is 0 Å². The van der Waals surface area contributed by atoms with Crippen LogP contribution < -0.4 is 5.32 Å². The van der Waals surface area contributed by atoms with Gasteiger partial charge in [-0.3, -0.25) is 4.79 Å². The molecule has 0 spiro atoms. The van der Waals surface area contributed by atoms with Crippen LogP contribution in [0.5, 0.6) is 0 Å². The van der Waals surface area contributed by atoms with Gasteiger partial charge in [-0.1, -0.05) is 0 Å². The highest BCUT2D eigenvalue weighted by atomic mass is 16.2. The van der Waals surface area contributed by atoms with E-state index in [1.807, 2.05) is 0 Å². The standard InChI is InChI=1S/C14H26N2O2/c1-16-12-5-6-13(16)9-11(8-12)10-15-14(18)4-2-3-7-17/h11-13,17H,2-10H2,1H3,(H,15,18). The van der Waals surface area contributed by atoms with Crippen LogP contribution in [0.25, 0.3) is 0 Å². The van der Waals surface area contributed by atoms with E-state index in [4.69, 9.17) is 5.11 Å². The fourth-order valence-corrected chi connectivity index (χ4v) is 3.43. The van der Waals surface area contributed by atoms with Gasteiger partial charge in [-0.25, -0.2) is 0 Å². The Labute approximate surface area is 110 Å². The number of piperidine rings is 1. The summed E-state index contributed by atoms with van der Waals surface area (Å²) in [6.45, 7) is 1.03. The van der Waals surface area contributed by atoms with Crippen molar-refractivity contribution in [1.29, 1.82) is 0 Å². The lowest BCUT2D eigenvalue weighted by molar-refractivity contribution is -0.121. The van der Waals surface area contributed by atoms with E-state index in [1.54, 1.807) is 0 Å². The van der Waals surface area contributed by atoms with Crippen molar-refractivity contribution in [2.75, 3.05) is 20.2 Å². The van der Waals surface area contributed by atoms with Gasteiger partial charge in [0.2, 0.25) is 5.91 Å². The van der Waals surface area contributed by atoms with E-state index < -0.39 is 0 Å². The van der Waals surface area contributed by atoms with Crippen LogP contribution in [0.1, 0.15) is 44.9 Å². The number of carbonyl (C=O) groups excluding carboxylic acids is 1. The summed E-state index contributed by atoms with van der Waals surface area (Å²) in [5.74, 6) is 0.815. The Morgan fingerprint density at radius 2 is 1.94 bits per heavy atom. The van der Waals surface area contributed by atoms with E-state index >= 15 is 0 Å². The minimum absolute atomic E-state index is 0.148. The molecule has 0 aromatic carbocycles. The van der Waals surface area contributed by atoms with Gasteiger partial charge in [0.05, 0.1) is 0 Å². The molecule has 2 bridgehead atoms. The number of carbonyl (C=O) groups is 1. The van der Waals surface area contributed by atoms with Crippen molar-refractivity contribution < 1.29 is 9.90 Å². The SMILES string of the molecule is CN1C2CCC1CC(CNC(=O)CCCCO)C2. The number of rotatable bonds is 6. The monoisotopic (exact) mass is 254 g/mol. The summed E-state index contributed by atoms with van der Waals surface area (Å²) in [5.41, 5.74) is 0. The molecule has 2 N–H and O–H groups in total. The number of unbranched alkanes of at least 4 members (excludes halogenated alkanes) is 1. The Hall–Kier alpha value is -0.610. The number of nitrogens with one attached hydrogen (secondary N) is 1. The van der Waals surface area contributed by atoms with Crippen molar-refractivity contribution >= 4 is 5.91 Å². The van der Waals surface area contributed by atoms with Crippen LogP contribution in [0.4, 0.5) is 0 Å². The number of hydrogen-bond donors (Lipinski definition) is 2. The van der Waals surface area contributed by atoms with Crippen LogP contribution in [0.15, 0.2) is 0 Å². The maximum Gasteiger partial charge on any atom is 0.220 e. The molecule has 0 aliphatic carbocycles. The quantitative estimate of drug-likeness (QED) is 0.699. The largest absolute Gasteiger partial charge is 0.396 e. The van der Waals surface area contributed by atoms with Gasteiger partial charge < -0.3 is 15.3 Å². The third-order valence-electron chi connectivity index (χ3n) is 4.60. The van der Waals surface area contributed by atoms with Crippen molar-refractivity contribution in [3.63, 3.8) is 0 Å². The number of aliphatic hydroxyl groups excluding tert-OH is 1. The number of nitrogens with zero attached hydrogens (tertiary/aromatic N) is 1. The number of amides is 1. The normalized spacial score (nSPS) is 31.6. The number of hydrogen-bond acceptors (Lipinski definition) is 3. The van der Waals surface area contributed by atoms with Crippen LogP contribution >= 0.6 is 0 Å². The van der Waals surface area contributed by atoms with Gasteiger partial charge in [-0.15, -0.1) is 0 Å². The summed E-state index contributed by atoms with van der Waals surface area (Å²) in [6, 6.07) is 1.50. The second-order valence-corrected chi connectivity index (χ2v) is 5.87. The zero-order valence-electron chi connectivity index (χ0n) is 11.4. The van der Waals surface area contributed by atoms with Crippen LogP contribution in [0.3, 0.4) is 0 Å². The highest BCUT2D eigenvalue weighted by Crippen LogP contribution is 2.36. The Kier molecular flexibility index (Phi) is 5.01. The summed E-state index contributed by atoms with van der Waals surface area (Å²) in [6.07, 6.45) is 7.23. The summed E-state index contributed by atoms with van der Waals surface area (Å²) >= 11 is 0. The highest BCUT2D eigenvalue weighted by molar-refractivity contribution is 5.75. The minimum Gasteiger partial charge on any atom is -0.396 e. The molecule has 2 fully saturated rings. The van der Waals surface area contributed by atoms with Crippen LogP contribution in [-0.4, -0.2) is 48.2 Å². The average molecular weight is 254 g/mol. The topological polar surface area (TPSA) is 52.6 Å². The van der Waals surface area contributed by atoms with Crippen molar-refractivity contribution in [1.82, 2.24) is 10.2 Å². The first-order valence-electron chi connectivity index (χ1n) is 7.30. The summed E-state index contributed by atoms with van der Waals surface area (Å²) in [7, 11) is 2.24. The summed E-state index contributed by atoms with van der Waals surface area (Å²) < 4.78 is 0. The molecule has 2 unspecified atom stereocenters. The van der Waals surface area contributed by atoms with E-state index in [0.717, 1.165) is 31.5 Å². The summed E-state index contributed by atoms with van der Waals surface area (Å²) in [4.78, 5) is 14.1. The zero-order valence-corrected chi connectivity index (χ0v) is 11.4. The molecule has 18 heavy (non-hydrogen) atoms. The van der Waals surface area contributed by atoms with E-state index in [-0.39, 0.29) is 12.5 Å². The smallest absolute Gasteiger partial charge is 0.220 e. The van der Waals surface area contributed by atoms with Gasteiger partial charge >= 0.3 is 0 Å². The maximum absolute atomic E-state index is 11.6. The van der Waals surface area contributed by atoms with Crippen molar-refractivity contribution in [3.05, 3.63) is 0 Å². The van der Waals surface area contributed by atoms with Gasteiger partial charge in [-0.05, 0) is 51.5 Å². The molecule has 2 saturated heterocycles. The predicted molar refractivity (Wildman–Crippen MR) is 71.2 cm³/mol. The lowest BCUT2D eigenvalue weighted by atomic mass is 9.91. The Bertz CT molecular complexity index is 269. The Morgan fingerprint density at radius 3 is 2.56 bits per heavy atom. The third-order valence-corrected chi connectivity index (χ3v) is 4.60. The first kappa shape index (κ1) is 13.8. The molecule has 0 aromatic rings. The second kappa shape index (κ2) is 6.53. The minimum atomic E-state index is 0.148. The van der Waals surface area contributed by atoms with Gasteiger partial charge in [0, 0.05) is 31.7 Å². The molecule has 2 aliphatic rings. The molecule has 2 rings (SSSR count). The van der Waals surface area contributed by atoms with Crippen molar-refractivity contribution in [2.24, 2.45) is 5.92 Å². The van der Waals surface area contributed by atoms with Crippen molar-refractivity contribution in [2.45, 2.75) is 57.0 Å². The second-order valence-electron chi connectivity index (χ2n) is 5.87. The molecular weight excluding hydrogens is 228 g/mol. The molecule has 2 heterocycles. The highest BCUT2D eigenvalue weighted by Gasteiger charge is 2.38. The maximum atomic E-state index is 11.6. The molecule has 1 amide bonds. The third kappa shape index (κ3) is 3.45. The van der Waals surface area contributed by atoms with Crippen LogP contribution in [0, 0.1) is 5.92 Å². The molecule has 0 saturated carbocycles. The number of aliphatic hydroxyl groups is 1.